The second-order valence-electron chi connectivity index (χ2n) is 4.63. The first-order valence-electron chi connectivity index (χ1n) is 7.13. The number of likely N-dealkylation sites (N-methyl/N-ethyl adjacent to an activating group) is 1. The Hall–Kier alpha value is -1.26. The zero-order valence-electron chi connectivity index (χ0n) is 11.9. The lowest BCUT2D eigenvalue weighted by molar-refractivity contribution is 0.112. The van der Waals surface area contributed by atoms with Gasteiger partial charge in [0.1, 0.15) is 12.4 Å². The third-order valence-electron chi connectivity index (χ3n) is 3.36. The summed E-state index contributed by atoms with van der Waals surface area (Å²) in [6.45, 7) is 10.3. The summed E-state index contributed by atoms with van der Waals surface area (Å²) in [7, 11) is 0. The maximum absolute atomic E-state index is 5.81. The number of nitrogens with zero attached hydrogens (tertiary/aromatic N) is 1. The molecule has 0 aliphatic carbocycles. The highest BCUT2D eigenvalue weighted by Gasteiger charge is 2.15. The molecule has 0 radical (unpaired) electrons. The molecule has 19 heavy (non-hydrogen) atoms. The molecule has 0 amide bonds. The van der Waals surface area contributed by atoms with E-state index >= 15 is 0 Å². The van der Waals surface area contributed by atoms with Gasteiger partial charge in [0.25, 0.3) is 0 Å². The molecule has 4 nitrogen and oxygen atoms in total. The van der Waals surface area contributed by atoms with E-state index in [0.717, 1.165) is 57.4 Å². The molecule has 1 aliphatic heterocycles. The second kappa shape index (κ2) is 7.36. The van der Waals surface area contributed by atoms with Crippen LogP contribution in [0.5, 0.6) is 5.75 Å². The molecule has 4 heteroatoms. The Labute approximate surface area is 115 Å². The van der Waals surface area contributed by atoms with Crippen molar-refractivity contribution in [2.24, 2.45) is 0 Å². The van der Waals surface area contributed by atoms with Crippen LogP contribution < -0.4 is 10.1 Å². The quantitative estimate of drug-likeness (QED) is 0.767. The Morgan fingerprint density at radius 1 is 1.37 bits per heavy atom. The van der Waals surface area contributed by atoms with Crippen molar-refractivity contribution in [3.05, 3.63) is 23.8 Å². The number of fused-ring (bicyclic) bond motifs is 1. The first-order valence-corrected chi connectivity index (χ1v) is 7.13. The predicted molar refractivity (Wildman–Crippen MR) is 77.9 cm³/mol. The van der Waals surface area contributed by atoms with E-state index < -0.39 is 0 Å². The van der Waals surface area contributed by atoms with Gasteiger partial charge in [0.05, 0.1) is 12.3 Å². The minimum Gasteiger partial charge on any atom is -0.489 e. The molecule has 0 atom stereocenters. The monoisotopic (exact) mass is 264 g/mol. The highest BCUT2D eigenvalue weighted by atomic mass is 16.5. The number of hydrogen-bond acceptors (Lipinski definition) is 4. The largest absolute Gasteiger partial charge is 0.489 e. The maximum atomic E-state index is 5.81. The molecule has 0 aromatic heterocycles. The van der Waals surface area contributed by atoms with Crippen LogP contribution in [0.15, 0.2) is 18.2 Å². The molecule has 1 heterocycles. The molecule has 1 aromatic carbocycles. The van der Waals surface area contributed by atoms with Crippen molar-refractivity contribution in [1.82, 2.24) is 4.90 Å². The molecule has 1 aliphatic rings. The minimum atomic E-state index is 0.745. The summed E-state index contributed by atoms with van der Waals surface area (Å²) in [6, 6.07) is 6.32. The normalized spacial score (nSPS) is 13.8. The Morgan fingerprint density at radius 2 is 2.26 bits per heavy atom. The molecule has 106 valence electrons. The van der Waals surface area contributed by atoms with Crippen LogP contribution in [0.1, 0.15) is 19.4 Å². The smallest absolute Gasteiger partial charge is 0.146 e. The van der Waals surface area contributed by atoms with E-state index in [4.69, 9.17) is 9.47 Å². The standard InChI is InChI=1S/C15H24N2O2/c1-3-17(9-11-18-4-2)12-13-6-5-7-14-15(13)19-10-8-16-14/h5-7,16H,3-4,8-12H2,1-2H3. The number of nitrogens with one attached hydrogen (secondary N) is 1. The summed E-state index contributed by atoms with van der Waals surface area (Å²) in [4.78, 5) is 2.38. The van der Waals surface area contributed by atoms with Crippen molar-refractivity contribution in [3.63, 3.8) is 0 Å². The number of anilines is 1. The molecule has 1 N–H and O–H groups in total. The fourth-order valence-electron chi connectivity index (χ4n) is 2.29. The highest BCUT2D eigenvalue weighted by molar-refractivity contribution is 5.61. The van der Waals surface area contributed by atoms with Crippen LogP contribution in [0.2, 0.25) is 0 Å². The van der Waals surface area contributed by atoms with Gasteiger partial charge in [0.2, 0.25) is 0 Å². The molecule has 0 spiro atoms. The minimum absolute atomic E-state index is 0.745. The molecule has 1 aromatic rings. The van der Waals surface area contributed by atoms with E-state index in [0.29, 0.717) is 0 Å². The van der Waals surface area contributed by atoms with E-state index in [1.54, 1.807) is 0 Å². The Bertz CT molecular complexity index is 396. The molecule has 0 unspecified atom stereocenters. The molecular weight excluding hydrogens is 240 g/mol. The Morgan fingerprint density at radius 3 is 3.05 bits per heavy atom. The van der Waals surface area contributed by atoms with Crippen LogP contribution >= 0.6 is 0 Å². The van der Waals surface area contributed by atoms with Crippen molar-refractivity contribution < 1.29 is 9.47 Å². The number of benzene rings is 1. The highest BCUT2D eigenvalue weighted by Crippen LogP contribution is 2.31. The van der Waals surface area contributed by atoms with Gasteiger partial charge in [-0.1, -0.05) is 19.1 Å². The summed E-state index contributed by atoms with van der Waals surface area (Å²) < 4.78 is 11.2. The van der Waals surface area contributed by atoms with Crippen molar-refractivity contribution in [2.45, 2.75) is 20.4 Å². The molecule has 0 saturated heterocycles. The molecule has 0 bridgehead atoms. The summed E-state index contributed by atoms with van der Waals surface area (Å²) in [5.74, 6) is 1.02. The van der Waals surface area contributed by atoms with Gasteiger partial charge in [0, 0.05) is 31.8 Å². The molecule has 0 fully saturated rings. The third kappa shape index (κ3) is 3.85. The molecule has 0 saturated carbocycles. The van der Waals surface area contributed by atoms with Crippen LogP contribution in [-0.4, -0.2) is 44.4 Å². The van der Waals surface area contributed by atoms with Gasteiger partial charge in [-0.15, -0.1) is 0 Å². The number of ether oxygens (including phenoxy) is 2. The van der Waals surface area contributed by atoms with Crippen LogP contribution in [0.3, 0.4) is 0 Å². The molecule has 2 rings (SSSR count). The summed E-state index contributed by atoms with van der Waals surface area (Å²) in [5.41, 5.74) is 2.37. The van der Waals surface area contributed by atoms with E-state index in [1.165, 1.54) is 5.56 Å². The van der Waals surface area contributed by atoms with Crippen LogP contribution in [0.25, 0.3) is 0 Å². The fourth-order valence-corrected chi connectivity index (χ4v) is 2.29. The van der Waals surface area contributed by atoms with Gasteiger partial charge in [-0.25, -0.2) is 0 Å². The Balaban J connectivity index is 2.00. The SMILES string of the molecule is CCOCCN(CC)Cc1cccc2c1OCCN2. The van der Waals surface area contributed by atoms with Gasteiger partial charge in [0.15, 0.2) is 0 Å². The van der Waals surface area contributed by atoms with E-state index in [9.17, 15) is 0 Å². The van der Waals surface area contributed by atoms with Crippen LogP contribution in [-0.2, 0) is 11.3 Å². The van der Waals surface area contributed by atoms with Gasteiger partial charge < -0.3 is 14.8 Å². The zero-order valence-corrected chi connectivity index (χ0v) is 11.9. The van der Waals surface area contributed by atoms with Crippen LogP contribution in [0, 0.1) is 0 Å². The lowest BCUT2D eigenvalue weighted by atomic mass is 10.1. The van der Waals surface area contributed by atoms with Gasteiger partial charge >= 0.3 is 0 Å². The lowest BCUT2D eigenvalue weighted by Crippen LogP contribution is -2.28. The first-order chi connectivity index (χ1) is 9.35. The van der Waals surface area contributed by atoms with E-state index in [2.05, 4.69) is 35.3 Å². The second-order valence-corrected chi connectivity index (χ2v) is 4.63. The lowest BCUT2D eigenvalue weighted by Gasteiger charge is -2.25. The average molecular weight is 264 g/mol. The first kappa shape index (κ1) is 14.2. The van der Waals surface area contributed by atoms with Gasteiger partial charge in [-0.3, -0.25) is 4.90 Å². The summed E-state index contributed by atoms with van der Waals surface area (Å²) in [5, 5.41) is 3.38. The van der Waals surface area contributed by atoms with Crippen molar-refractivity contribution >= 4 is 5.69 Å². The van der Waals surface area contributed by atoms with E-state index in [1.807, 2.05) is 6.92 Å². The van der Waals surface area contributed by atoms with E-state index in [-0.39, 0.29) is 0 Å². The van der Waals surface area contributed by atoms with Gasteiger partial charge in [-0.2, -0.15) is 0 Å². The number of para-hydroxylation sites is 1. The number of rotatable bonds is 7. The predicted octanol–water partition coefficient (Wildman–Crippen LogP) is 2.35. The fraction of sp³-hybridized carbons (Fsp3) is 0.600. The summed E-state index contributed by atoms with van der Waals surface area (Å²) >= 11 is 0. The zero-order chi connectivity index (χ0) is 13.5. The summed E-state index contributed by atoms with van der Waals surface area (Å²) in [6.07, 6.45) is 0. The third-order valence-corrected chi connectivity index (χ3v) is 3.36. The van der Waals surface area contributed by atoms with Crippen molar-refractivity contribution in [2.75, 3.05) is 44.8 Å². The molecular formula is C15H24N2O2. The Kier molecular flexibility index (Phi) is 5.48. The topological polar surface area (TPSA) is 33.7 Å². The van der Waals surface area contributed by atoms with Gasteiger partial charge in [-0.05, 0) is 19.5 Å². The van der Waals surface area contributed by atoms with Crippen LogP contribution in [0.4, 0.5) is 5.69 Å². The van der Waals surface area contributed by atoms with Crippen molar-refractivity contribution in [3.8, 4) is 5.75 Å². The maximum Gasteiger partial charge on any atom is 0.146 e. The number of hydrogen-bond donors (Lipinski definition) is 1. The van der Waals surface area contributed by atoms with Crippen molar-refractivity contribution in [1.29, 1.82) is 0 Å². The average Bonchev–Trinajstić information content (AvgIpc) is 2.46.